The van der Waals surface area contributed by atoms with Crippen molar-refractivity contribution in [1.29, 1.82) is 0 Å². The fraction of sp³-hybridized carbons (Fsp3) is 0.857. The van der Waals surface area contributed by atoms with E-state index in [9.17, 15) is 9.36 Å². The molecule has 0 aromatic carbocycles. The summed E-state index contributed by atoms with van der Waals surface area (Å²) in [6.45, 7) is -0.244. The van der Waals surface area contributed by atoms with Gasteiger partial charge in [-0.15, -0.1) is 0 Å². The van der Waals surface area contributed by atoms with Crippen molar-refractivity contribution in [2.24, 2.45) is 0 Å². The van der Waals surface area contributed by atoms with Gasteiger partial charge in [-0.2, -0.15) is 0 Å². The van der Waals surface area contributed by atoms with E-state index in [0.717, 1.165) is 0 Å². The number of aliphatic hydroxyl groups is 1. The third-order valence-electron chi connectivity index (χ3n) is 1.43. The second kappa shape index (κ2) is 6.95. The Morgan fingerprint density at radius 2 is 1.93 bits per heavy atom. The predicted octanol–water partition coefficient (Wildman–Crippen LogP) is -0.130. The highest BCUT2D eigenvalue weighted by Gasteiger charge is 2.12. The zero-order valence-corrected chi connectivity index (χ0v) is 8.65. The van der Waals surface area contributed by atoms with Gasteiger partial charge in [-0.25, -0.2) is 0 Å². The van der Waals surface area contributed by atoms with E-state index >= 15 is 0 Å². The summed E-state index contributed by atoms with van der Waals surface area (Å²) in [5.41, 5.74) is 0. The van der Waals surface area contributed by atoms with Crippen LogP contribution in [-0.2, 0) is 14.1 Å². The zero-order valence-electron chi connectivity index (χ0n) is 7.76. The maximum Gasteiger partial charge on any atom is 0.325 e. The van der Waals surface area contributed by atoms with Gasteiger partial charge in [0.25, 0.3) is 0 Å². The van der Waals surface area contributed by atoms with Crippen LogP contribution in [0.4, 0.5) is 0 Å². The molecule has 0 fully saturated rings. The molecule has 0 heterocycles. The number of esters is 1. The Kier molecular flexibility index (Phi) is 6.74. The molecule has 0 rings (SSSR count). The largest absolute Gasteiger partial charge is 0.463 e. The van der Waals surface area contributed by atoms with E-state index in [1.54, 1.807) is 0 Å². The molecule has 0 unspecified atom stereocenters. The summed E-state index contributed by atoms with van der Waals surface area (Å²) in [6, 6.07) is 0. The lowest BCUT2D eigenvalue weighted by atomic mass is 10.2. The number of aliphatic hydroxyl groups excluding tert-OH is 1. The first-order valence-corrected chi connectivity index (χ1v) is 6.06. The van der Waals surface area contributed by atoms with Crippen molar-refractivity contribution in [2.75, 3.05) is 19.4 Å². The van der Waals surface area contributed by atoms with Gasteiger partial charge in [0.05, 0.1) is 6.61 Å². The molecule has 0 amide bonds. The summed E-state index contributed by atoms with van der Waals surface area (Å²) in [7, 11) is -3.94. The molecular weight excluding hydrogens is 211 g/mol. The van der Waals surface area contributed by atoms with Gasteiger partial charge >= 0.3 is 13.6 Å². The van der Waals surface area contributed by atoms with Crippen LogP contribution in [0.3, 0.4) is 0 Å². The summed E-state index contributed by atoms with van der Waals surface area (Å²) < 4.78 is 14.9. The molecule has 0 aliphatic rings. The van der Waals surface area contributed by atoms with Crippen molar-refractivity contribution < 1.29 is 29.0 Å². The molecule has 84 valence electrons. The van der Waals surface area contributed by atoms with Gasteiger partial charge in [-0.3, -0.25) is 9.36 Å². The van der Waals surface area contributed by atoms with Crippen molar-refractivity contribution >= 4 is 13.6 Å². The highest BCUT2D eigenvalue weighted by Crippen LogP contribution is 2.35. The SMILES string of the molecule is O=C(CCCCP(=O)(O)O)OCCO. The minimum atomic E-state index is -3.94. The van der Waals surface area contributed by atoms with Gasteiger partial charge < -0.3 is 19.6 Å². The third-order valence-corrected chi connectivity index (χ3v) is 2.33. The average Bonchev–Trinajstić information content (AvgIpc) is 2.07. The Balaban J connectivity index is 3.36. The van der Waals surface area contributed by atoms with Gasteiger partial charge in [-0.1, -0.05) is 0 Å². The molecule has 0 aromatic rings. The first-order chi connectivity index (χ1) is 6.45. The number of carbonyl (C=O) groups excluding carboxylic acids is 1. The minimum absolute atomic E-state index is 0.0304. The van der Waals surface area contributed by atoms with Crippen LogP contribution in [0.25, 0.3) is 0 Å². The standard InChI is InChI=1S/C7H15O6P/c8-4-5-13-7(9)3-1-2-6-14(10,11)12/h8H,1-6H2,(H2,10,11,12). The quantitative estimate of drug-likeness (QED) is 0.317. The van der Waals surface area contributed by atoms with Crippen molar-refractivity contribution in [3.05, 3.63) is 0 Å². The lowest BCUT2D eigenvalue weighted by Crippen LogP contribution is -2.08. The van der Waals surface area contributed by atoms with Crippen LogP contribution in [0, 0.1) is 0 Å². The first-order valence-electron chi connectivity index (χ1n) is 4.27. The second-order valence-electron chi connectivity index (χ2n) is 2.79. The average molecular weight is 226 g/mol. The Hall–Kier alpha value is -0.420. The van der Waals surface area contributed by atoms with Crippen molar-refractivity contribution in [1.82, 2.24) is 0 Å². The van der Waals surface area contributed by atoms with Crippen molar-refractivity contribution in [2.45, 2.75) is 19.3 Å². The molecule has 7 heteroatoms. The molecule has 0 bridgehead atoms. The number of hydrogen-bond donors (Lipinski definition) is 3. The van der Waals surface area contributed by atoms with E-state index in [0.29, 0.717) is 12.8 Å². The Bertz CT molecular complexity index is 210. The topological polar surface area (TPSA) is 104 Å². The number of carbonyl (C=O) groups is 1. The van der Waals surface area contributed by atoms with Gasteiger partial charge in [0.1, 0.15) is 6.61 Å². The highest BCUT2D eigenvalue weighted by atomic mass is 31.2. The normalized spacial score (nSPS) is 11.4. The monoisotopic (exact) mass is 226 g/mol. The van der Waals surface area contributed by atoms with E-state index in [1.165, 1.54) is 0 Å². The van der Waals surface area contributed by atoms with Gasteiger partial charge in [0, 0.05) is 12.6 Å². The molecule has 0 radical (unpaired) electrons. The van der Waals surface area contributed by atoms with Crippen molar-refractivity contribution in [3.63, 3.8) is 0 Å². The fourth-order valence-corrected chi connectivity index (χ4v) is 1.45. The molecular formula is C7H15O6P. The second-order valence-corrected chi connectivity index (χ2v) is 4.57. The summed E-state index contributed by atoms with van der Waals surface area (Å²) in [4.78, 5) is 27.8. The zero-order chi connectivity index (χ0) is 11.0. The van der Waals surface area contributed by atoms with E-state index < -0.39 is 13.6 Å². The predicted molar refractivity (Wildman–Crippen MR) is 48.8 cm³/mol. The Morgan fingerprint density at radius 3 is 2.43 bits per heavy atom. The van der Waals surface area contributed by atoms with Crippen LogP contribution in [0.2, 0.25) is 0 Å². The maximum absolute atomic E-state index is 10.8. The molecule has 6 nitrogen and oxygen atoms in total. The summed E-state index contributed by atoms with van der Waals surface area (Å²) in [5, 5.41) is 8.31. The number of hydrogen-bond acceptors (Lipinski definition) is 4. The molecule has 0 saturated carbocycles. The van der Waals surface area contributed by atoms with Gasteiger partial charge in [0.15, 0.2) is 0 Å². The van der Waals surface area contributed by atoms with Crippen molar-refractivity contribution in [3.8, 4) is 0 Å². The van der Waals surface area contributed by atoms with E-state index in [4.69, 9.17) is 14.9 Å². The molecule has 0 atom stereocenters. The maximum atomic E-state index is 10.8. The summed E-state index contributed by atoms with van der Waals surface area (Å²) in [6.07, 6.45) is 0.591. The third kappa shape index (κ3) is 9.67. The molecule has 0 spiro atoms. The summed E-state index contributed by atoms with van der Waals surface area (Å²) in [5.74, 6) is -0.454. The van der Waals surface area contributed by atoms with Crippen LogP contribution in [0.5, 0.6) is 0 Å². The number of unbranched alkanes of at least 4 members (excludes halogenated alkanes) is 1. The summed E-state index contributed by atoms with van der Waals surface area (Å²) >= 11 is 0. The minimum Gasteiger partial charge on any atom is -0.463 e. The van der Waals surface area contributed by atoms with E-state index in [1.807, 2.05) is 0 Å². The molecule has 14 heavy (non-hydrogen) atoms. The van der Waals surface area contributed by atoms with Crippen LogP contribution >= 0.6 is 7.60 Å². The van der Waals surface area contributed by atoms with E-state index in [2.05, 4.69) is 4.74 Å². The van der Waals surface area contributed by atoms with Crippen LogP contribution < -0.4 is 0 Å². The fourth-order valence-electron chi connectivity index (χ4n) is 0.819. The van der Waals surface area contributed by atoms with E-state index in [-0.39, 0.29) is 25.8 Å². The lowest BCUT2D eigenvalue weighted by molar-refractivity contribution is -0.144. The molecule has 0 aromatic heterocycles. The molecule has 3 N–H and O–H groups in total. The Morgan fingerprint density at radius 1 is 1.29 bits per heavy atom. The smallest absolute Gasteiger partial charge is 0.325 e. The Labute approximate surface area is 82.0 Å². The van der Waals surface area contributed by atoms with Gasteiger partial charge in [0.2, 0.25) is 0 Å². The van der Waals surface area contributed by atoms with Crippen LogP contribution in [0.15, 0.2) is 0 Å². The number of rotatable bonds is 7. The van der Waals surface area contributed by atoms with Crippen LogP contribution in [0.1, 0.15) is 19.3 Å². The number of ether oxygens (including phenoxy) is 1. The lowest BCUT2D eigenvalue weighted by Gasteiger charge is -2.03. The highest BCUT2D eigenvalue weighted by molar-refractivity contribution is 7.51. The first kappa shape index (κ1) is 13.6. The molecule has 0 saturated heterocycles. The van der Waals surface area contributed by atoms with Crippen LogP contribution in [-0.4, -0.2) is 40.2 Å². The van der Waals surface area contributed by atoms with Gasteiger partial charge in [-0.05, 0) is 12.8 Å². The molecule has 0 aliphatic carbocycles. The molecule has 0 aliphatic heterocycles.